The van der Waals surface area contributed by atoms with Gasteiger partial charge < -0.3 is 4.57 Å². The summed E-state index contributed by atoms with van der Waals surface area (Å²) >= 11 is 0. The predicted molar refractivity (Wildman–Crippen MR) is 50.5 cm³/mol. The third-order valence-electron chi connectivity index (χ3n) is 2.66. The Balaban J connectivity index is 2.32. The molecule has 0 saturated heterocycles. The third kappa shape index (κ3) is 0.963. The van der Waals surface area contributed by atoms with Gasteiger partial charge in [0.2, 0.25) is 0 Å². The molecule has 0 atom stereocenters. The quantitative estimate of drug-likeness (QED) is 0.661. The Labute approximate surface area is 76.4 Å². The van der Waals surface area contributed by atoms with Crippen LogP contribution in [0.3, 0.4) is 0 Å². The molecule has 0 N–H and O–H groups in total. The smallest absolute Gasteiger partial charge is 0.163 e. The summed E-state index contributed by atoms with van der Waals surface area (Å²) in [5.41, 5.74) is 2.26. The van der Waals surface area contributed by atoms with E-state index in [0.717, 1.165) is 5.65 Å². The maximum Gasteiger partial charge on any atom is 0.163 e. The minimum atomic E-state index is 0.689. The van der Waals surface area contributed by atoms with Gasteiger partial charge in [-0.05, 0) is 31.4 Å². The van der Waals surface area contributed by atoms with Crippen molar-refractivity contribution >= 4 is 11.0 Å². The minimum Gasteiger partial charge on any atom is -0.328 e. The van der Waals surface area contributed by atoms with Gasteiger partial charge in [0.05, 0.1) is 6.20 Å². The van der Waals surface area contributed by atoms with Gasteiger partial charge in [-0.3, -0.25) is 0 Å². The van der Waals surface area contributed by atoms with Crippen molar-refractivity contribution in [2.75, 3.05) is 0 Å². The summed E-state index contributed by atoms with van der Waals surface area (Å²) in [6.07, 6.45) is 6.53. The molecule has 0 amide bonds. The number of fused-ring (bicyclic) bond motifs is 1. The topological polar surface area (TPSA) is 30.7 Å². The van der Waals surface area contributed by atoms with Crippen LogP contribution < -0.4 is 0 Å². The lowest BCUT2D eigenvalue weighted by atomic mass is 10.2. The zero-order valence-electron chi connectivity index (χ0n) is 7.57. The van der Waals surface area contributed by atoms with Crippen molar-refractivity contribution in [1.82, 2.24) is 14.8 Å². The van der Waals surface area contributed by atoms with Gasteiger partial charge >= 0.3 is 0 Å². The normalized spacial score (nSPS) is 16.7. The SMILES string of the molecule is Cc1cnnc2c1ccn2C1CC1. The Morgan fingerprint density at radius 3 is 3.08 bits per heavy atom. The van der Waals surface area contributed by atoms with Crippen molar-refractivity contribution in [1.29, 1.82) is 0 Å². The highest BCUT2D eigenvalue weighted by Gasteiger charge is 2.25. The van der Waals surface area contributed by atoms with Gasteiger partial charge in [-0.2, -0.15) is 5.10 Å². The van der Waals surface area contributed by atoms with E-state index in [0.29, 0.717) is 6.04 Å². The van der Waals surface area contributed by atoms with Crippen LogP contribution in [0.2, 0.25) is 0 Å². The van der Waals surface area contributed by atoms with Crippen LogP contribution in [0.5, 0.6) is 0 Å². The van der Waals surface area contributed by atoms with Crippen LogP contribution in [0.25, 0.3) is 11.0 Å². The van der Waals surface area contributed by atoms with E-state index in [2.05, 4.69) is 34.0 Å². The number of hydrogen-bond acceptors (Lipinski definition) is 2. The summed E-state index contributed by atoms with van der Waals surface area (Å²) in [7, 11) is 0. The average molecular weight is 173 g/mol. The fourth-order valence-electron chi connectivity index (χ4n) is 1.74. The number of aryl methyl sites for hydroxylation is 1. The third-order valence-corrected chi connectivity index (χ3v) is 2.66. The molecule has 3 heteroatoms. The monoisotopic (exact) mass is 173 g/mol. The molecule has 1 saturated carbocycles. The molecule has 1 aliphatic carbocycles. The number of hydrogen-bond donors (Lipinski definition) is 0. The predicted octanol–water partition coefficient (Wildman–Crippen LogP) is 2.07. The van der Waals surface area contributed by atoms with Gasteiger partial charge in [-0.1, -0.05) is 0 Å². The Morgan fingerprint density at radius 2 is 2.31 bits per heavy atom. The highest BCUT2D eigenvalue weighted by atomic mass is 15.2. The van der Waals surface area contributed by atoms with E-state index < -0.39 is 0 Å². The molecular weight excluding hydrogens is 162 g/mol. The van der Waals surface area contributed by atoms with Crippen LogP contribution in [0, 0.1) is 6.92 Å². The fraction of sp³-hybridized carbons (Fsp3) is 0.400. The van der Waals surface area contributed by atoms with Crippen LogP contribution >= 0.6 is 0 Å². The molecule has 0 unspecified atom stereocenters. The molecule has 3 nitrogen and oxygen atoms in total. The second-order valence-corrected chi connectivity index (χ2v) is 3.72. The lowest BCUT2D eigenvalue weighted by Gasteiger charge is -2.00. The second-order valence-electron chi connectivity index (χ2n) is 3.72. The Bertz CT molecular complexity index is 454. The molecule has 1 aliphatic rings. The lowest BCUT2D eigenvalue weighted by Crippen LogP contribution is -1.94. The van der Waals surface area contributed by atoms with Crippen LogP contribution in [0.4, 0.5) is 0 Å². The summed E-state index contributed by atoms with van der Waals surface area (Å²) in [5.74, 6) is 0. The molecule has 3 rings (SSSR count). The van der Waals surface area contributed by atoms with Crippen molar-refractivity contribution in [3.8, 4) is 0 Å². The van der Waals surface area contributed by atoms with Crippen molar-refractivity contribution in [3.05, 3.63) is 24.0 Å². The molecule has 0 aromatic carbocycles. The van der Waals surface area contributed by atoms with E-state index in [1.54, 1.807) is 0 Å². The first-order chi connectivity index (χ1) is 6.36. The summed E-state index contributed by atoms with van der Waals surface area (Å²) in [5, 5.41) is 9.40. The van der Waals surface area contributed by atoms with Gasteiger partial charge in [-0.15, -0.1) is 5.10 Å². The van der Waals surface area contributed by atoms with Crippen LogP contribution in [0.1, 0.15) is 24.4 Å². The van der Waals surface area contributed by atoms with Crippen LogP contribution in [0.15, 0.2) is 18.5 Å². The number of nitrogens with zero attached hydrogens (tertiary/aromatic N) is 3. The summed E-state index contributed by atoms with van der Waals surface area (Å²) < 4.78 is 2.25. The summed E-state index contributed by atoms with van der Waals surface area (Å²) in [6, 6.07) is 2.83. The highest BCUT2D eigenvalue weighted by Crippen LogP contribution is 2.37. The van der Waals surface area contributed by atoms with Crippen molar-refractivity contribution in [3.63, 3.8) is 0 Å². The first-order valence-electron chi connectivity index (χ1n) is 4.65. The van der Waals surface area contributed by atoms with E-state index in [-0.39, 0.29) is 0 Å². The van der Waals surface area contributed by atoms with Gasteiger partial charge in [0.1, 0.15) is 0 Å². The molecule has 0 radical (unpaired) electrons. The van der Waals surface area contributed by atoms with E-state index in [9.17, 15) is 0 Å². The van der Waals surface area contributed by atoms with Crippen molar-refractivity contribution in [2.24, 2.45) is 0 Å². The van der Waals surface area contributed by atoms with E-state index >= 15 is 0 Å². The Hall–Kier alpha value is -1.38. The maximum atomic E-state index is 4.18. The molecule has 2 heterocycles. The maximum absolute atomic E-state index is 4.18. The first-order valence-corrected chi connectivity index (χ1v) is 4.65. The number of aromatic nitrogens is 3. The second kappa shape index (κ2) is 2.31. The van der Waals surface area contributed by atoms with Gasteiger partial charge in [-0.25, -0.2) is 0 Å². The first kappa shape index (κ1) is 7.06. The molecular formula is C10H11N3. The highest BCUT2D eigenvalue weighted by molar-refractivity contribution is 5.79. The number of rotatable bonds is 1. The molecule has 0 spiro atoms. The van der Waals surface area contributed by atoms with Gasteiger partial charge in [0, 0.05) is 17.6 Å². The lowest BCUT2D eigenvalue weighted by molar-refractivity contribution is 0.758. The van der Waals surface area contributed by atoms with Crippen molar-refractivity contribution in [2.45, 2.75) is 25.8 Å². The zero-order chi connectivity index (χ0) is 8.84. The minimum absolute atomic E-state index is 0.689. The average Bonchev–Trinajstić information content (AvgIpc) is 2.87. The van der Waals surface area contributed by atoms with E-state index in [1.807, 2.05) is 6.20 Å². The van der Waals surface area contributed by atoms with Crippen LogP contribution in [-0.4, -0.2) is 14.8 Å². The Kier molecular flexibility index (Phi) is 1.26. The van der Waals surface area contributed by atoms with Crippen LogP contribution in [-0.2, 0) is 0 Å². The van der Waals surface area contributed by atoms with Gasteiger partial charge in [0.15, 0.2) is 5.65 Å². The molecule has 0 aliphatic heterocycles. The summed E-state index contributed by atoms with van der Waals surface area (Å²) in [4.78, 5) is 0. The molecule has 2 aromatic rings. The summed E-state index contributed by atoms with van der Waals surface area (Å²) in [6.45, 7) is 2.08. The Morgan fingerprint density at radius 1 is 1.46 bits per heavy atom. The zero-order valence-corrected chi connectivity index (χ0v) is 7.57. The fourth-order valence-corrected chi connectivity index (χ4v) is 1.74. The van der Waals surface area contributed by atoms with E-state index in [1.165, 1.54) is 23.8 Å². The largest absolute Gasteiger partial charge is 0.328 e. The van der Waals surface area contributed by atoms with E-state index in [4.69, 9.17) is 0 Å². The standard InChI is InChI=1S/C10H11N3/c1-7-6-11-12-10-9(7)4-5-13(10)8-2-3-8/h4-6,8H,2-3H2,1H3. The molecule has 1 fully saturated rings. The molecule has 66 valence electrons. The van der Waals surface area contributed by atoms with Crippen molar-refractivity contribution < 1.29 is 0 Å². The molecule has 13 heavy (non-hydrogen) atoms. The molecule has 2 aromatic heterocycles. The molecule has 0 bridgehead atoms. The van der Waals surface area contributed by atoms with Gasteiger partial charge in [0.25, 0.3) is 0 Å².